The maximum atomic E-state index is 12.7. The third kappa shape index (κ3) is 3.00. The van der Waals surface area contributed by atoms with Crippen LogP contribution in [0.1, 0.15) is 22.5 Å². The normalized spacial score (nSPS) is 24.9. The van der Waals surface area contributed by atoms with Crippen molar-refractivity contribution >= 4 is 17.2 Å². The molecule has 0 unspecified atom stereocenters. The molecule has 2 saturated heterocycles. The Morgan fingerprint density at radius 2 is 2.24 bits per heavy atom. The first-order valence-electron chi connectivity index (χ1n) is 7.66. The van der Waals surface area contributed by atoms with Crippen molar-refractivity contribution in [3.05, 3.63) is 22.4 Å². The Bertz CT molecular complexity index is 480. The summed E-state index contributed by atoms with van der Waals surface area (Å²) in [6, 6.07) is 3.89. The van der Waals surface area contributed by atoms with Crippen molar-refractivity contribution in [2.45, 2.75) is 12.8 Å². The van der Waals surface area contributed by atoms with Gasteiger partial charge >= 0.3 is 0 Å². The fourth-order valence-electron chi connectivity index (χ4n) is 3.78. The van der Waals surface area contributed by atoms with Crippen LogP contribution in [0, 0.1) is 11.3 Å². The Labute approximate surface area is 130 Å². The van der Waals surface area contributed by atoms with E-state index in [1.807, 2.05) is 17.5 Å². The minimum absolute atomic E-state index is 0.206. The van der Waals surface area contributed by atoms with Gasteiger partial charge < -0.3 is 14.5 Å². The van der Waals surface area contributed by atoms with Crippen molar-refractivity contribution in [3.8, 4) is 0 Å². The SMILES string of the molecule is CN(C)C[C@@H]1CN(C(=O)c2cccs2)CC12CCOCC2. The van der Waals surface area contributed by atoms with Gasteiger partial charge in [-0.3, -0.25) is 4.79 Å². The molecule has 0 aliphatic carbocycles. The monoisotopic (exact) mass is 308 g/mol. The van der Waals surface area contributed by atoms with Gasteiger partial charge in [-0.15, -0.1) is 11.3 Å². The maximum absolute atomic E-state index is 12.7. The lowest BCUT2D eigenvalue weighted by Gasteiger charge is -2.38. The zero-order valence-corrected chi connectivity index (χ0v) is 13.7. The highest BCUT2D eigenvalue weighted by molar-refractivity contribution is 7.12. The molecule has 0 aromatic carbocycles. The van der Waals surface area contributed by atoms with Crippen LogP contribution in [0.15, 0.2) is 17.5 Å². The van der Waals surface area contributed by atoms with Gasteiger partial charge in [0.2, 0.25) is 0 Å². The molecule has 2 aliphatic heterocycles. The van der Waals surface area contributed by atoms with Crippen LogP contribution in [-0.2, 0) is 4.74 Å². The molecule has 0 saturated carbocycles. The van der Waals surface area contributed by atoms with Crippen LogP contribution in [0.3, 0.4) is 0 Å². The Balaban J connectivity index is 1.78. The summed E-state index contributed by atoms with van der Waals surface area (Å²) in [6.45, 7) is 4.50. The molecule has 4 nitrogen and oxygen atoms in total. The number of likely N-dealkylation sites (tertiary alicyclic amines) is 1. The summed E-state index contributed by atoms with van der Waals surface area (Å²) in [6.07, 6.45) is 2.17. The zero-order chi connectivity index (χ0) is 14.9. The summed E-state index contributed by atoms with van der Waals surface area (Å²) in [5.74, 6) is 0.762. The number of thiophene rings is 1. The molecule has 5 heteroatoms. The van der Waals surface area contributed by atoms with Gasteiger partial charge in [-0.1, -0.05) is 6.07 Å². The predicted molar refractivity (Wildman–Crippen MR) is 84.8 cm³/mol. The van der Waals surface area contributed by atoms with E-state index in [1.165, 1.54) is 0 Å². The molecule has 3 heterocycles. The van der Waals surface area contributed by atoms with Gasteiger partial charge in [-0.25, -0.2) is 0 Å². The van der Waals surface area contributed by atoms with E-state index in [2.05, 4.69) is 23.9 Å². The molecule has 0 radical (unpaired) electrons. The van der Waals surface area contributed by atoms with Crippen molar-refractivity contribution in [1.29, 1.82) is 0 Å². The summed E-state index contributed by atoms with van der Waals surface area (Å²) in [5.41, 5.74) is 0.259. The smallest absolute Gasteiger partial charge is 0.263 e. The highest BCUT2D eigenvalue weighted by Gasteiger charge is 2.48. The predicted octanol–water partition coefficient (Wildman–Crippen LogP) is 2.18. The topological polar surface area (TPSA) is 32.8 Å². The van der Waals surface area contributed by atoms with Gasteiger partial charge in [0, 0.05) is 32.8 Å². The lowest BCUT2D eigenvalue weighted by Crippen LogP contribution is -2.40. The second kappa shape index (κ2) is 6.07. The van der Waals surface area contributed by atoms with E-state index in [1.54, 1.807) is 11.3 Å². The largest absolute Gasteiger partial charge is 0.381 e. The van der Waals surface area contributed by atoms with Gasteiger partial charge in [0.25, 0.3) is 5.91 Å². The summed E-state index contributed by atoms with van der Waals surface area (Å²) in [4.78, 5) is 17.8. The fourth-order valence-corrected chi connectivity index (χ4v) is 4.47. The third-order valence-electron chi connectivity index (χ3n) is 4.91. The Hall–Kier alpha value is -0.910. The highest BCUT2D eigenvalue weighted by atomic mass is 32.1. The lowest BCUT2D eigenvalue weighted by molar-refractivity contribution is -0.00450. The van der Waals surface area contributed by atoms with E-state index in [4.69, 9.17) is 4.74 Å². The van der Waals surface area contributed by atoms with E-state index in [0.29, 0.717) is 5.92 Å². The van der Waals surface area contributed by atoms with E-state index < -0.39 is 0 Å². The molecule has 1 aromatic rings. The Kier molecular flexibility index (Phi) is 4.33. The van der Waals surface area contributed by atoms with Crippen molar-refractivity contribution in [2.24, 2.45) is 11.3 Å². The number of carbonyl (C=O) groups is 1. The standard InChI is InChI=1S/C16H24N2O2S/c1-17(2)10-13-11-18(15(19)14-4-3-9-21-14)12-16(13)5-7-20-8-6-16/h3-4,9,13H,5-8,10-12H2,1-2H3/t13-/m1/s1. The molecule has 21 heavy (non-hydrogen) atoms. The average molecular weight is 308 g/mol. The quantitative estimate of drug-likeness (QED) is 0.858. The van der Waals surface area contributed by atoms with Gasteiger partial charge in [-0.2, -0.15) is 0 Å². The first-order chi connectivity index (χ1) is 10.1. The van der Waals surface area contributed by atoms with E-state index in [-0.39, 0.29) is 11.3 Å². The van der Waals surface area contributed by atoms with Crippen molar-refractivity contribution in [3.63, 3.8) is 0 Å². The van der Waals surface area contributed by atoms with Crippen molar-refractivity contribution < 1.29 is 9.53 Å². The van der Waals surface area contributed by atoms with Crippen LogP contribution in [-0.4, -0.2) is 62.7 Å². The minimum atomic E-state index is 0.206. The summed E-state index contributed by atoms with van der Waals surface area (Å²) in [7, 11) is 4.24. The fraction of sp³-hybridized carbons (Fsp3) is 0.688. The molecule has 1 spiro atoms. The number of nitrogens with zero attached hydrogens (tertiary/aromatic N) is 2. The molecular formula is C16H24N2O2S. The number of hydrogen-bond acceptors (Lipinski definition) is 4. The molecule has 1 aromatic heterocycles. The molecule has 0 N–H and O–H groups in total. The van der Waals surface area contributed by atoms with Crippen LogP contribution in [0.5, 0.6) is 0 Å². The zero-order valence-electron chi connectivity index (χ0n) is 12.9. The second-order valence-electron chi connectivity index (χ2n) is 6.60. The molecule has 1 amide bonds. The molecule has 1 atom stereocenters. The summed E-state index contributed by atoms with van der Waals surface area (Å²) in [5, 5.41) is 1.98. The molecule has 3 rings (SSSR count). The van der Waals surface area contributed by atoms with E-state index in [0.717, 1.165) is 50.6 Å². The molecule has 0 bridgehead atoms. The second-order valence-corrected chi connectivity index (χ2v) is 7.54. The van der Waals surface area contributed by atoms with E-state index in [9.17, 15) is 4.79 Å². The number of hydrogen-bond donors (Lipinski definition) is 0. The first-order valence-corrected chi connectivity index (χ1v) is 8.54. The molecule has 2 aliphatic rings. The highest BCUT2D eigenvalue weighted by Crippen LogP contribution is 2.44. The molecule has 2 fully saturated rings. The third-order valence-corrected chi connectivity index (χ3v) is 5.76. The van der Waals surface area contributed by atoms with Crippen LogP contribution in [0.2, 0.25) is 0 Å². The first kappa shape index (κ1) is 15.0. The van der Waals surface area contributed by atoms with Gasteiger partial charge in [-0.05, 0) is 49.7 Å². The number of rotatable bonds is 3. The van der Waals surface area contributed by atoms with Gasteiger partial charge in [0.15, 0.2) is 0 Å². The van der Waals surface area contributed by atoms with Gasteiger partial charge in [0.05, 0.1) is 4.88 Å². The maximum Gasteiger partial charge on any atom is 0.263 e. The minimum Gasteiger partial charge on any atom is -0.381 e. The number of carbonyl (C=O) groups excluding carboxylic acids is 1. The summed E-state index contributed by atoms with van der Waals surface area (Å²) >= 11 is 1.54. The van der Waals surface area contributed by atoms with Crippen molar-refractivity contribution in [1.82, 2.24) is 9.80 Å². The molecule has 116 valence electrons. The van der Waals surface area contributed by atoms with Crippen LogP contribution < -0.4 is 0 Å². The van der Waals surface area contributed by atoms with Crippen LogP contribution >= 0.6 is 11.3 Å². The Morgan fingerprint density at radius 1 is 1.48 bits per heavy atom. The van der Waals surface area contributed by atoms with Crippen molar-refractivity contribution in [2.75, 3.05) is 46.9 Å². The summed E-state index contributed by atoms with van der Waals surface area (Å²) < 4.78 is 5.56. The number of amides is 1. The Morgan fingerprint density at radius 3 is 2.86 bits per heavy atom. The van der Waals surface area contributed by atoms with Gasteiger partial charge in [0.1, 0.15) is 0 Å². The van der Waals surface area contributed by atoms with E-state index >= 15 is 0 Å². The lowest BCUT2D eigenvalue weighted by atomic mass is 9.72. The number of ether oxygens (including phenoxy) is 1. The average Bonchev–Trinajstić information content (AvgIpc) is 3.09. The van der Waals surface area contributed by atoms with Crippen LogP contribution in [0.25, 0.3) is 0 Å². The van der Waals surface area contributed by atoms with Crippen LogP contribution in [0.4, 0.5) is 0 Å². The molecular weight excluding hydrogens is 284 g/mol.